The third-order valence-corrected chi connectivity index (χ3v) is 4.95. The lowest BCUT2D eigenvalue weighted by atomic mass is 10.0. The molecule has 27 heavy (non-hydrogen) atoms. The van der Waals surface area contributed by atoms with Gasteiger partial charge in [0.15, 0.2) is 17.3 Å². The van der Waals surface area contributed by atoms with Gasteiger partial charge in [-0.1, -0.05) is 24.3 Å². The van der Waals surface area contributed by atoms with Crippen LogP contribution in [0.25, 0.3) is 22.0 Å². The normalized spacial score (nSPS) is 12.2. The van der Waals surface area contributed by atoms with Crippen LogP contribution in [0, 0.1) is 0 Å². The highest BCUT2D eigenvalue weighted by Gasteiger charge is 2.33. The average Bonchev–Trinajstić information content (AvgIpc) is 3.00. The molecular formula is C21H19NO5. The van der Waals surface area contributed by atoms with Gasteiger partial charge < -0.3 is 18.8 Å². The molecule has 1 aliphatic carbocycles. The third kappa shape index (κ3) is 2.37. The molecule has 0 fully saturated rings. The molecule has 0 radical (unpaired) electrons. The molecule has 6 heteroatoms. The van der Waals surface area contributed by atoms with Crippen LogP contribution < -0.4 is 15.0 Å². The molecule has 6 nitrogen and oxygen atoms in total. The highest BCUT2D eigenvalue weighted by atomic mass is 16.5. The molecule has 0 atom stereocenters. The summed E-state index contributed by atoms with van der Waals surface area (Å²) in [6.07, 6.45) is 0. The second kappa shape index (κ2) is 6.55. The third-order valence-electron chi connectivity index (χ3n) is 4.95. The number of nitrogens with zero attached hydrogens (tertiary/aromatic N) is 1. The van der Waals surface area contributed by atoms with Crippen molar-refractivity contribution in [2.45, 2.75) is 6.54 Å². The molecule has 0 saturated heterocycles. The predicted octanol–water partition coefficient (Wildman–Crippen LogP) is 2.88. The van der Waals surface area contributed by atoms with E-state index < -0.39 is 0 Å². The summed E-state index contributed by atoms with van der Waals surface area (Å²) in [6.45, 7) is 0.677. The Kier molecular flexibility index (Phi) is 4.20. The minimum Gasteiger partial charge on any atom is -0.493 e. The smallest absolute Gasteiger partial charge is 0.262 e. The van der Waals surface area contributed by atoms with Crippen molar-refractivity contribution in [2.75, 3.05) is 27.9 Å². The van der Waals surface area contributed by atoms with E-state index in [-0.39, 0.29) is 11.3 Å². The minimum atomic E-state index is -0.235. The first-order valence-electron chi connectivity index (χ1n) is 8.58. The molecule has 0 N–H and O–H groups in total. The van der Waals surface area contributed by atoms with Gasteiger partial charge in [-0.2, -0.15) is 0 Å². The van der Waals surface area contributed by atoms with Crippen molar-refractivity contribution in [3.05, 3.63) is 57.9 Å². The van der Waals surface area contributed by atoms with Gasteiger partial charge >= 0.3 is 0 Å². The number of carbonyl (C=O) groups is 1. The quantitative estimate of drug-likeness (QED) is 0.544. The van der Waals surface area contributed by atoms with E-state index in [0.29, 0.717) is 52.2 Å². The van der Waals surface area contributed by atoms with Crippen molar-refractivity contribution in [3.63, 3.8) is 0 Å². The maximum absolute atomic E-state index is 13.4. The Morgan fingerprint density at radius 3 is 2.33 bits per heavy atom. The Morgan fingerprint density at radius 2 is 1.67 bits per heavy atom. The maximum Gasteiger partial charge on any atom is 0.262 e. The Labute approximate surface area is 155 Å². The van der Waals surface area contributed by atoms with E-state index >= 15 is 0 Å². The summed E-state index contributed by atoms with van der Waals surface area (Å²) < 4.78 is 17.6. The van der Waals surface area contributed by atoms with Crippen molar-refractivity contribution >= 4 is 16.6 Å². The van der Waals surface area contributed by atoms with Crippen molar-refractivity contribution < 1.29 is 19.0 Å². The lowest BCUT2D eigenvalue weighted by Crippen LogP contribution is -2.25. The van der Waals surface area contributed by atoms with Crippen molar-refractivity contribution in [1.82, 2.24) is 4.57 Å². The van der Waals surface area contributed by atoms with Gasteiger partial charge in [-0.05, 0) is 12.1 Å². The molecule has 1 heterocycles. The van der Waals surface area contributed by atoms with Gasteiger partial charge in [0.1, 0.15) is 0 Å². The van der Waals surface area contributed by atoms with Gasteiger partial charge in [0.2, 0.25) is 0 Å². The van der Waals surface area contributed by atoms with Crippen molar-refractivity contribution in [1.29, 1.82) is 0 Å². The second-order valence-electron chi connectivity index (χ2n) is 6.27. The maximum atomic E-state index is 13.4. The summed E-state index contributed by atoms with van der Waals surface area (Å²) in [6, 6.07) is 10.8. The van der Waals surface area contributed by atoms with Crippen LogP contribution in [0.1, 0.15) is 15.9 Å². The highest BCUT2D eigenvalue weighted by molar-refractivity contribution is 6.27. The van der Waals surface area contributed by atoms with Gasteiger partial charge in [0.05, 0.1) is 37.5 Å². The standard InChI is InChI=1S/C21H19NO5/c1-25-11-10-22-18-12-6-4-5-7-13(12)19(23)16(18)14-8-9-15(26-2)20(27-3)17(14)21(22)24/h4-9H,10-11H2,1-3H3. The Morgan fingerprint density at radius 1 is 0.926 bits per heavy atom. The summed E-state index contributed by atoms with van der Waals surface area (Å²) in [5.41, 5.74) is 2.28. The molecule has 4 rings (SSSR count). The van der Waals surface area contributed by atoms with Crippen LogP contribution in [0.15, 0.2) is 41.2 Å². The molecule has 2 aromatic carbocycles. The fraction of sp³-hybridized carbons (Fsp3) is 0.238. The second-order valence-corrected chi connectivity index (χ2v) is 6.27. The van der Waals surface area contributed by atoms with Crippen LogP contribution in [0.4, 0.5) is 0 Å². The average molecular weight is 365 g/mol. The highest BCUT2D eigenvalue weighted by Crippen LogP contribution is 2.42. The van der Waals surface area contributed by atoms with E-state index in [2.05, 4.69) is 0 Å². The largest absolute Gasteiger partial charge is 0.493 e. The molecule has 3 aromatic rings. The summed E-state index contributed by atoms with van der Waals surface area (Å²) >= 11 is 0. The van der Waals surface area contributed by atoms with Crippen LogP contribution >= 0.6 is 0 Å². The number of methoxy groups -OCH3 is 3. The first kappa shape index (κ1) is 17.3. The van der Waals surface area contributed by atoms with Crippen LogP contribution in [-0.2, 0) is 11.3 Å². The number of hydrogen-bond donors (Lipinski definition) is 0. The van der Waals surface area contributed by atoms with Crippen molar-refractivity contribution in [2.24, 2.45) is 0 Å². The molecule has 0 amide bonds. The van der Waals surface area contributed by atoms with E-state index in [1.165, 1.54) is 14.2 Å². The lowest BCUT2D eigenvalue weighted by molar-refractivity contribution is 0.104. The molecule has 138 valence electrons. The lowest BCUT2D eigenvalue weighted by Gasteiger charge is -2.17. The summed E-state index contributed by atoms with van der Waals surface area (Å²) in [4.78, 5) is 26.6. The van der Waals surface area contributed by atoms with Crippen LogP contribution in [0.5, 0.6) is 11.5 Å². The van der Waals surface area contributed by atoms with Gasteiger partial charge in [0.25, 0.3) is 5.56 Å². The van der Waals surface area contributed by atoms with Crippen LogP contribution in [0.3, 0.4) is 0 Å². The van der Waals surface area contributed by atoms with E-state index in [9.17, 15) is 9.59 Å². The van der Waals surface area contributed by atoms with E-state index in [1.54, 1.807) is 29.9 Å². The fourth-order valence-corrected chi connectivity index (χ4v) is 3.77. The monoisotopic (exact) mass is 365 g/mol. The number of carbonyl (C=O) groups excluding carboxylic acids is 1. The molecule has 0 bridgehead atoms. The van der Waals surface area contributed by atoms with Gasteiger partial charge in [-0.15, -0.1) is 0 Å². The summed E-state index contributed by atoms with van der Waals surface area (Å²) in [5, 5.41) is 0.912. The van der Waals surface area contributed by atoms with Gasteiger partial charge in [-0.3, -0.25) is 9.59 Å². The number of rotatable bonds is 5. The zero-order chi connectivity index (χ0) is 19.1. The number of pyridine rings is 1. The minimum absolute atomic E-state index is 0.0935. The van der Waals surface area contributed by atoms with Gasteiger partial charge in [-0.25, -0.2) is 0 Å². The number of benzene rings is 2. The number of ketones is 1. The van der Waals surface area contributed by atoms with E-state index in [0.717, 1.165) is 5.56 Å². The molecule has 0 aliphatic heterocycles. The Balaban J connectivity index is 2.19. The number of ether oxygens (including phenoxy) is 3. The SMILES string of the molecule is COCCn1c2c(c3ccc(OC)c(OC)c3c1=O)C(=O)c1ccccc1-2. The zero-order valence-corrected chi connectivity index (χ0v) is 15.4. The van der Waals surface area contributed by atoms with E-state index in [4.69, 9.17) is 14.2 Å². The van der Waals surface area contributed by atoms with E-state index in [1.807, 2.05) is 18.2 Å². The number of fused-ring (bicyclic) bond motifs is 5. The molecule has 0 unspecified atom stereocenters. The Bertz CT molecular complexity index is 1130. The molecule has 1 aliphatic rings. The van der Waals surface area contributed by atoms with Crippen LogP contribution in [0.2, 0.25) is 0 Å². The zero-order valence-electron chi connectivity index (χ0n) is 15.4. The summed E-state index contributed by atoms with van der Waals surface area (Å²) in [5.74, 6) is 0.685. The topological polar surface area (TPSA) is 66.8 Å². The predicted molar refractivity (Wildman–Crippen MR) is 102 cm³/mol. The number of hydrogen-bond acceptors (Lipinski definition) is 5. The molecule has 0 spiro atoms. The molecular weight excluding hydrogens is 346 g/mol. The van der Waals surface area contributed by atoms with Crippen molar-refractivity contribution in [3.8, 4) is 22.8 Å². The summed E-state index contributed by atoms with van der Waals surface area (Å²) in [7, 11) is 4.58. The molecule has 1 aromatic heterocycles. The first-order chi connectivity index (χ1) is 13.1. The fourth-order valence-electron chi connectivity index (χ4n) is 3.77. The van der Waals surface area contributed by atoms with Crippen LogP contribution in [-0.4, -0.2) is 38.3 Å². The first-order valence-corrected chi connectivity index (χ1v) is 8.58. The van der Waals surface area contributed by atoms with Gasteiger partial charge in [0, 0.05) is 30.2 Å². The Hall–Kier alpha value is -3.12. The molecule has 0 saturated carbocycles. The number of aromatic nitrogens is 1.